The third kappa shape index (κ3) is 5.15. The van der Waals surface area contributed by atoms with Gasteiger partial charge in [0.15, 0.2) is 11.5 Å². The Hall–Kier alpha value is -2.29. The lowest BCUT2D eigenvalue weighted by atomic mass is 10.2. The third-order valence-electron chi connectivity index (χ3n) is 4.50. The largest absolute Gasteiger partial charge is 0.497 e. The van der Waals surface area contributed by atoms with Crippen LogP contribution >= 0.6 is 0 Å². The van der Waals surface area contributed by atoms with Crippen LogP contribution in [0.3, 0.4) is 0 Å². The summed E-state index contributed by atoms with van der Waals surface area (Å²) in [6.45, 7) is 2.14. The Balaban J connectivity index is 1.71. The molecule has 1 unspecified atom stereocenters. The number of rotatable bonds is 9. The summed E-state index contributed by atoms with van der Waals surface area (Å²) in [5.74, 6) is 1.06. The molecule has 2 aromatic carbocycles. The molecule has 0 bridgehead atoms. The van der Waals surface area contributed by atoms with Gasteiger partial charge < -0.3 is 23.7 Å². The Morgan fingerprint density at radius 3 is 2.50 bits per heavy atom. The van der Waals surface area contributed by atoms with Gasteiger partial charge in [-0.3, -0.25) is 0 Å². The summed E-state index contributed by atoms with van der Waals surface area (Å²) in [4.78, 5) is 0.0391. The number of nitrogens with one attached hydrogen (secondary N) is 1. The Morgan fingerprint density at radius 2 is 1.86 bits per heavy atom. The van der Waals surface area contributed by atoms with Crippen LogP contribution in [0.25, 0.3) is 0 Å². The van der Waals surface area contributed by atoms with Gasteiger partial charge in [-0.1, -0.05) is 6.07 Å². The van der Waals surface area contributed by atoms with Crippen molar-refractivity contribution >= 4 is 10.1 Å². The predicted molar refractivity (Wildman–Crippen MR) is 104 cm³/mol. The van der Waals surface area contributed by atoms with E-state index in [9.17, 15) is 8.42 Å². The fraction of sp³-hybridized carbons (Fsp3) is 0.400. The van der Waals surface area contributed by atoms with E-state index in [0.29, 0.717) is 18.0 Å². The number of hydrogen-bond donors (Lipinski definition) is 1. The average molecular weight is 407 g/mol. The van der Waals surface area contributed by atoms with Crippen LogP contribution in [0.2, 0.25) is 0 Å². The molecule has 3 rings (SSSR count). The zero-order valence-electron chi connectivity index (χ0n) is 16.0. The third-order valence-corrected chi connectivity index (χ3v) is 5.75. The van der Waals surface area contributed by atoms with E-state index in [4.69, 9.17) is 18.4 Å². The molecule has 152 valence electrons. The molecule has 1 saturated heterocycles. The number of hydrogen-bond acceptors (Lipinski definition) is 7. The summed E-state index contributed by atoms with van der Waals surface area (Å²) < 4.78 is 46.5. The van der Waals surface area contributed by atoms with Crippen LogP contribution in [0.4, 0.5) is 0 Å². The summed E-state index contributed by atoms with van der Waals surface area (Å²) in [5, 5.41) is 3.33. The van der Waals surface area contributed by atoms with E-state index in [-0.39, 0.29) is 16.7 Å². The maximum atomic E-state index is 12.6. The first-order valence-electron chi connectivity index (χ1n) is 9.09. The Morgan fingerprint density at radius 1 is 1.07 bits per heavy atom. The second kappa shape index (κ2) is 9.27. The van der Waals surface area contributed by atoms with Crippen molar-refractivity contribution < 1.29 is 26.8 Å². The van der Waals surface area contributed by atoms with Crippen LogP contribution in [0, 0.1) is 0 Å². The molecule has 0 spiro atoms. The second-order valence-corrected chi connectivity index (χ2v) is 8.01. The molecular formula is C20H25NO6S. The predicted octanol–water partition coefficient (Wildman–Crippen LogP) is 2.74. The normalized spacial score (nSPS) is 16.7. The SMILES string of the molecule is COc1ccc(S(=O)(=O)Oc2cc(CNCC3CCCO3)ccc2OC)cc1. The minimum Gasteiger partial charge on any atom is -0.497 e. The molecule has 0 saturated carbocycles. The maximum absolute atomic E-state index is 12.6. The smallest absolute Gasteiger partial charge is 0.339 e. The van der Waals surface area contributed by atoms with Crippen molar-refractivity contribution in [2.45, 2.75) is 30.4 Å². The average Bonchev–Trinajstić information content (AvgIpc) is 3.21. The van der Waals surface area contributed by atoms with E-state index in [2.05, 4.69) is 5.32 Å². The van der Waals surface area contributed by atoms with Crippen LogP contribution in [-0.4, -0.2) is 41.9 Å². The lowest BCUT2D eigenvalue weighted by Crippen LogP contribution is -2.25. The molecule has 1 atom stereocenters. The van der Waals surface area contributed by atoms with Crippen LogP contribution in [0.5, 0.6) is 17.2 Å². The molecule has 1 heterocycles. The standard InChI is InChI=1S/C20H25NO6S/c1-24-16-6-8-18(9-7-16)28(22,23)27-20-12-15(5-10-19(20)25-2)13-21-14-17-4-3-11-26-17/h5-10,12,17,21H,3-4,11,13-14H2,1-2H3. The maximum Gasteiger partial charge on any atom is 0.339 e. The number of ether oxygens (including phenoxy) is 3. The van der Waals surface area contributed by atoms with Gasteiger partial charge >= 0.3 is 10.1 Å². The van der Waals surface area contributed by atoms with Crippen LogP contribution in [0.1, 0.15) is 18.4 Å². The highest BCUT2D eigenvalue weighted by Gasteiger charge is 2.20. The van der Waals surface area contributed by atoms with Gasteiger partial charge in [0.25, 0.3) is 0 Å². The molecular weight excluding hydrogens is 382 g/mol. The van der Waals surface area contributed by atoms with Crippen LogP contribution in [0.15, 0.2) is 47.4 Å². The zero-order valence-corrected chi connectivity index (χ0v) is 16.8. The molecule has 0 amide bonds. The monoisotopic (exact) mass is 407 g/mol. The molecule has 7 nitrogen and oxygen atoms in total. The van der Waals surface area contributed by atoms with Gasteiger partial charge in [0.2, 0.25) is 0 Å². The van der Waals surface area contributed by atoms with Crippen molar-refractivity contribution in [2.75, 3.05) is 27.4 Å². The van der Waals surface area contributed by atoms with E-state index in [0.717, 1.165) is 31.6 Å². The van der Waals surface area contributed by atoms with Crippen molar-refractivity contribution in [1.82, 2.24) is 5.32 Å². The van der Waals surface area contributed by atoms with Gasteiger partial charge in [0.1, 0.15) is 10.6 Å². The first-order valence-corrected chi connectivity index (χ1v) is 10.5. The highest BCUT2D eigenvalue weighted by Crippen LogP contribution is 2.31. The molecule has 1 aliphatic heterocycles. The highest BCUT2D eigenvalue weighted by molar-refractivity contribution is 7.87. The van der Waals surface area contributed by atoms with E-state index < -0.39 is 10.1 Å². The van der Waals surface area contributed by atoms with Gasteiger partial charge in [-0.25, -0.2) is 0 Å². The van der Waals surface area contributed by atoms with Crippen molar-refractivity contribution in [1.29, 1.82) is 0 Å². The highest BCUT2D eigenvalue weighted by atomic mass is 32.2. The summed E-state index contributed by atoms with van der Waals surface area (Å²) in [7, 11) is -1.01. The molecule has 0 aromatic heterocycles. The van der Waals surface area contributed by atoms with E-state index in [1.165, 1.54) is 26.4 Å². The Kier molecular flexibility index (Phi) is 6.77. The summed E-state index contributed by atoms with van der Waals surface area (Å²) in [5.41, 5.74) is 0.888. The summed E-state index contributed by atoms with van der Waals surface area (Å²) in [6, 6.07) is 11.2. The van der Waals surface area contributed by atoms with Gasteiger partial charge in [-0.05, 0) is 54.8 Å². The van der Waals surface area contributed by atoms with Crippen molar-refractivity contribution in [2.24, 2.45) is 0 Å². The fourth-order valence-corrected chi connectivity index (χ4v) is 3.92. The van der Waals surface area contributed by atoms with Gasteiger partial charge in [0.05, 0.1) is 20.3 Å². The lowest BCUT2D eigenvalue weighted by molar-refractivity contribution is 0.110. The molecule has 2 aromatic rings. The van der Waals surface area contributed by atoms with Crippen molar-refractivity contribution in [3.8, 4) is 17.2 Å². The number of benzene rings is 2. The molecule has 28 heavy (non-hydrogen) atoms. The van der Waals surface area contributed by atoms with Gasteiger partial charge in [-0.2, -0.15) is 8.42 Å². The first-order chi connectivity index (χ1) is 13.5. The molecule has 1 fully saturated rings. The molecule has 8 heteroatoms. The van der Waals surface area contributed by atoms with Gasteiger partial charge in [0, 0.05) is 19.7 Å². The Bertz CT molecular complexity index is 876. The zero-order chi connectivity index (χ0) is 20.0. The van der Waals surface area contributed by atoms with E-state index in [1.807, 2.05) is 6.07 Å². The lowest BCUT2D eigenvalue weighted by Gasteiger charge is -2.14. The quantitative estimate of drug-likeness (QED) is 0.640. The first kappa shape index (κ1) is 20.4. The summed E-state index contributed by atoms with van der Waals surface area (Å²) in [6.07, 6.45) is 2.39. The molecule has 0 radical (unpaired) electrons. The number of methoxy groups -OCH3 is 2. The minimum atomic E-state index is -4.00. The van der Waals surface area contributed by atoms with Crippen LogP contribution in [-0.2, 0) is 21.4 Å². The molecule has 1 N–H and O–H groups in total. The molecule has 0 aliphatic carbocycles. The Labute approximate surface area is 165 Å². The molecule has 1 aliphatic rings. The fourth-order valence-electron chi connectivity index (χ4n) is 2.99. The van der Waals surface area contributed by atoms with Crippen molar-refractivity contribution in [3.05, 3.63) is 48.0 Å². The van der Waals surface area contributed by atoms with Gasteiger partial charge in [-0.15, -0.1) is 0 Å². The second-order valence-electron chi connectivity index (χ2n) is 6.46. The van der Waals surface area contributed by atoms with E-state index >= 15 is 0 Å². The summed E-state index contributed by atoms with van der Waals surface area (Å²) >= 11 is 0. The van der Waals surface area contributed by atoms with Crippen molar-refractivity contribution in [3.63, 3.8) is 0 Å². The van der Waals surface area contributed by atoms with E-state index in [1.54, 1.807) is 24.3 Å². The van der Waals surface area contributed by atoms with Crippen LogP contribution < -0.4 is 19.0 Å². The minimum absolute atomic E-state index is 0.0391. The topological polar surface area (TPSA) is 83.1 Å².